The van der Waals surface area contributed by atoms with Crippen LogP contribution in [0, 0.1) is 5.82 Å². The summed E-state index contributed by atoms with van der Waals surface area (Å²) in [5.41, 5.74) is 4.29. The fraction of sp³-hybridized carbons (Fsp3) is 0.556. The Kier molecular flexibility index (Phi) is 4.60. The first-order chi connectivity index (χ1) is 9.47. The average Bonchev–Trinajstić information content (AvgIpc) is 2.71. The summed E-state index contributed by atoms with van der Waals surface area (Å²) < 4.78 is 40.2. The summed E-state index contributed by atoms with van der Waals surface area (Å²) in [5.74, 6) is -1.46. The predicted molar refractivity (Wildman–Crippen MR) is 69.0 cm³/mol. The third kappa shape index (κ3) is 2.80. The maximum atomic E-state index is 13.4. The van der Waals surface area contributed by atoms with Crippen LogP contribution in [-0.2, 0) is 24.5 Å². The molecule has 118 valence electrons. The smallest absolute Gasteiger partial charge is 0.351 e. The van der Waals surface area contributed by atoms with Crippen LogP contribution >= 0.6 is 12.4 Å². The Hall–Kier alpha value is -1.11. The molecule has 3 N–H and O–H groups in total. The highest BCUT2D eigenvalue weighted by Crippen LogP contribution is 2.33. The summed E-state index contributed by atoms with van der Waals surface area (Å²) in [6, 6.07) is 0. The van der Waals surface area contributed by atoms with Gasteiger partial charge in [-0.05, 0) is 0 Å². The van der Waals surface area contributed by atoms with Crippen LogP contribution in [0.2, 0.25) is 0 Å². The molecule has 0 radical (unpaired) electrons. The molecular weight excluding hydrogens is 333 g/mol. The molecule has 0 amide bonds. The van der Waals surface area contributed by atoms with E-state index in [9.17, 15) is 18.5 Å². The van der Waals surface area contributed by atoms with Crippen LogP contribution in [0.3, 0.4) is 0 Å². The third-order valence-corrected chi connectivity index (χ3v) is 3.74. The van der Waals surface area contributed by atoms with Crippen molar-refractivity contribution in [3.8, 4) is 0 Å². The van der Waals surface area contributed by atoms with Gasteiger partial charge in [-0.3, -0.25) is 12.9 Å². The van der Waals surface area contributed by atoms with E-state index in [-0.39, 0.29) is 19.0 Å². The van der Waals surface area contributed by atoms with Crippen molar-refractivity contribution >= 4 is 29.6 Å². The number of rotatable bonds is 1. The van der Waals surface area contributed by atoms with Gasteiger partial charge < -0.3 is 15.6 Å². The van der Waals surface area contributed by atoms with Gasteiger partial charge in [0.25, 0.3) is 0 Å². The number of nitrogens with two attached hydrogens (primary N) is 1. The molecule has 2 unspecified atom stereocenters. The highest BCUT2D eigenvalue weighted by atomic mass is 35.5. The Labute approximate surface area is 126 Å². The lowest BCUT2D eigenvalue weighted by Crippen LogP contribution is -2.42. The maximum absolute atomic E-state index is 13.4. The Bertz CT molecular complexity index is 630. The number of fused-ring (bicyclic) bond motifs is 1. The molecule has 0 spiro atoms. The van der Waals surface area contributed by atoms with Crippen LogP contribution in [0.25, 0.3) is 0 Å². The molecule has 0 aliphatic carbocycles. The van der Waals surface area contributed by atoms with E-state index < -0.39 is 53.2 Å². The number of halogens is 2. The van der Waals surface area contributed by atoms with Crippen LogP contribution in [0.15, 0.2) is 11.0 Å². The van der Waals surface area contributed by atoms with Crippen LogP contribution in [0.1, 0.15) is 6.23 Å². The largest absolute Gasteiger partial charge is 0.386 e. The van der Waals surface area contributed by atoms with Crippen LogP contribution in [0.4, 0.5) is 10.2 Å². The molecule has 0 aromatic carbocycles. The molecule has 21 heavy (non-hydrogen) atoms. The fourth-order valence-corrected chi connectivity index (χ4v) is 2.80. The highest BCUT2D eigenvalue weighted by molar-refractivity contribution is 7.75. The second kappa shape index (κ2) is 5.94. The quantitative estimate of drug-likeness (QED) is 0.640. The van der Waals surface area contributed by atoms with Gasteiger partial charge in [-0.15, -0.1) is 12.4 Å². The van der Waals surface area contributed by atoms with E-state index in [0.717, 1.165) is 10.8 Å². The van der Waals surface area contributed by atoms with Crippen molar-refractivity contribution in [2.24, 2.45) is 0 Å². The van der Waals surface area contributed by atoms with Crippen molar-refractivity contribution in [1.82, 2.24) is 9.55 Å². The van der Waals surface area contributed by atoms with Crippen molar-refractivity contribution in [1.29, 1.82) is 0 Å². The molecule has 0 saturated carbocycles. The first-order valence-electron chi connectivity index (χ1n) is 5.57. The minimum atomic E-state index is -1.99. The summed E-state index contributed by atoms with van der Waals surface area (Å²) >= 11 is -1.99. The van der Waals surface area contributed by atoms with Crippen molar-refractivity contribution in [3.63, 3.8) is 0 Å². The topological polar surface area (TPSA) is 126 Å². The number of aliphatic hydroxyl groups is 1. The van der Waals surface area contributed by atoms with Gasteiger partial charge in [0.1, 0.15) is 18.3 Å². The molecule has 2 aliphatic rings. The molecule has 9 nitrogen and oxygen atoms in total. The number of hydrogen-bond acceptors (Lipinski definition) is 8. The lowest BCUT2D eigenvalue weighted by molar-refractivity contribution is -0.0563. The van der Waals surface area contributed by atoms with Crippen LogP contribution in [0.5, 0.6) is 0 Å². The molecular formula is C9H11ClFN3O6S. The normalized spacial score (nSPS) is 35.0. The van der Waals surface area contributed by atoms with Crippen molar-refractivity contribution in [2.75, 3.05) is 12.3 Å². The minimum absolute atomic E-state index is 0. The van der Waals surface area contributed by atoms with E-state index in [1.165, 1.54) is 0 Å². The zero-order chi connectivity index (χ0) is 14.4. The van der Waals surface area contributed by atoms with E-state index in [1.54, 1.807) is 0 Å². The summed E-state index contributed by atoms with van der Waals surface area (Å²) in [6.07, 6.45) is -3.43. The number of nitrogen functional groups attached to an aromatic ring is 1. The van der Waals surface area contributed by atoms with Gasteiger partial charge >= 0.3 is 17.1 Å². The number of aliphatic hydroxyl groups excluding tert-OH is 1. The first kappa shape index (κ1) is 16.3. The Morgan fingerprint density at radius 2 is 2.29 bits per heavy atom. The molecule has 0 bridgehead atoms. The van der Waals surface area contributed by atoms with E-state index >= 15 is 0 Å². The minimum Gasteiger partial charge on any atom is -0.386 e. The molecule has 1 aromatic rings. The molecule has 5 atom stereocenters. The van der Waals surface area contributed by atoms with Gasteiger partial charge in [-0.25, -0.2) is 9.18 Å². The van der Waals surface area contributed by atoms with E-state index in [2.05, 4.69) is 4.98 Å². The molecule has 3 heterocycles. The monoisotopic (exact) mass is 343 g/mol. The second-order valence-corrected chi connectivity index (χ2v) is 5.11. The fourth-order valence-electron chi connectivity index (χ4n) is 2.08. The molecule has 3 rings (SSSR count). The number of nitrogens with zero attached hydrogens (tertiary/aromatic N) is 2. The number of ether oxygens (including phenoxy) is 1. The summed E-state index contributed by atoms with van der Waals surface area (Å²) in [4.78, 5) is 14.9. The zero-order valence-electron chi connectivity index (χ0n) is 10.2. The Morgan fingerprint density at radius 1 is 1.57 bits per heavy atom. The lowest BCUT2D eigenvalue weighted by atomic mass is 10.1. The standard InChI is InChI=1S/C9H10FN3O6S.ClH/c10-3-1-13(9(15)12-7(3)11)8-5(14)6-4(18-8)2-17-20(16)19-6;/h1,4-6,8,14H,2H2,(H2,11,12,15);1H/t4-,5-,6+,8?,20?;/m1./s1. The molecule has 2 fully saturated rings. The van der Waals surface area contributed by atoms with Crippen molar-refractivity contribution in [3.05, 3.63) is 22.5 Å². The third-order valence-electron chi connectivity index (χ3n) is 3.04. The van der Waals surface area contributed by atoms with Crippen LogP contribution < -0.4 is 11.4 Å². The van der Waals surface area contributed by atoms with Gasteiger partial charge in [0, 0.05) is 0 Å². The van der Waals surface area contributed by atoms with E-state index in [4.69, 9.17) is 18.8 Å². The predicted octanol–water partition coefficient (Wildman–Crippen LogP) is -1.36. The lowest BCUT2D eigenvalue weighted by Gasteiger charge is -2.23. The molecule has 12 heteroatoms. The molecule has 2 aliphatic heterocycles. The number of aromatic nitrogens is 2. The second-order valence-electron chi connectivity index (χ2n) is 4.27. The Morgan fingerprint density at radius 3 is 3.00 bits per heavy atom. The van der Waals surface area contributed by atoms with Gasteiger partial charge in [0.15, 0.2) is 17.9 Å². The molecule has 2 saturated heterocycles. The van der Waals surface area contributed by atoms with E-state index in [1.807, 2.05) is 0 Å². The van der Waals surface area contributed by atoms with Gasteiger partial charge in [0.2, 0.25) is 0 Å². The van der Waals surface area contributed by atoms with Gasteiger partial charge in [-0.2, -0.15) is 9.19 Å². The summed E-state index contributed by atoms with van der Waals surface area (Å²) in [6.45, 7) is -0.0789. The number of anilines is 1. The Balaban J connectivity index is 0.00000161. The summed E-state index contributed by atoms with van der Waals surface area (Å²) in [5, 5.41) is 10.1. The zero-order valence-corrected chi connectivity index (χ0v) is 11.9. The van der Waals surface area contributed by atoms with Crippen molar-refractivity contribution in [2.45, 2.75) is 24.5 Å². The highest BCUT2D eigenvalue weighted by Gasteiger charge is 2.49. The van der Waals surface area contributed by atoms with Gasteiger partial charge in [0.05, 0.1) is 12.8 Å². The first-order valence-corrected chi connectivity index (χ1v) is 6.57. The van der Waals surface area contributed by atoms with Crippen LogP contribution in [-0.4, -0.2) is 43.8 Å². The maximum Gasteiger partial charge on any atom is 0.351 e. The van der Waals surface area contributed by atoms with Gasteiger partial charge in [-0.1, -0.05) is 0 Å². The average molecular weight is 344 g/mol. The SMILES string of the molecule is Cl.Nc1nc(=O)n(C2O[C@@H]3COS(=O)O[C@@H]3[C@H]2O)cc1F. The molecule has 1 aromatic heterocycles. The number of hydrogen-bond donors (Lipinski definition) is 2. The summed E-state index contributed by atoms with van der Waals surface area (Å²) in [7, 11) is 0. The van der Waals surface area contributed by atoms with Crippen molar-refractivity contribution < 1.29 is 26.8 Å². The van der Waals surface area contributed by atoms with E-state index in [0.29, 0.717) is 0 Å².